The highest BCUT2D eigenvalue weighted by atomic mass is 35.5. The van der Waals surface area contributed by atoms with Crippen LogP contribution in [0.2, 0.25) is 5.02 Å². The second-order valence-corrected chi connectivity index (χ2v) is 7.00. The molecular weight excluding hydrogens is 380 g/mol. The number of hydrogen-bond acceptors (Lipinski definition) is 6. The first kappa shape index (κ1) is 18.5. The standard InChI is InChI=1S/C19H21ClN6O2/c1-3-28-19(27)25-8-6-24(7-9-25)17-15-11-23-26(18(15)22-12-21-17)14-5-4-13(2)16(20)10-14/h4-5,10-12H,3,6-9H2,1-2H3. The fourth-order valence-corrected chi connectivity index (χ4v) is 3.48. The van der Waals surface area contributed by atoms with Crippen LogP contribution < -0.4 is 4.90 Å². The third-order valence-corrected chi connectivity index (χ3v) is 5.26. The molecule has 1 aliphatic heterocycles. The van der Waals surface area contributed by atoms with Crippen molar-refractivity contribution in [1.82, 2.24) is 24.6 Å². The van der Waals surface area contributed by atoms with Crippen LogP contribution >= 0.6 is 11.6 Å². The molecule has 8 nitrogen and oxygen atoms in total. The summed E-state index contributed by atoms with van der Waals surface area (Å²) >= 11 is 6.27. The summed E-state index contributed by atoms with van der Waals surface area (Å²) in [5, 5.41) is 6.05. The molecule has 9 heteroatoms. The Kier molecular flexibility index (Phi) is 5.04. The number of carbonyl (C=O) groups is 1. The van der Waals surface area contributed by atoms with E-state index in [0.29, 0.717) is 37.8 Å². The van der Waals surface area contributed by atoms with Crippen molar-refractivity contribution >= 4 is 34.5 Å². The Balaban J connectivity index is 1.61. The maximum atomic E-state index is 11.9. The highest BCUT2D eigenvalue weighted by Crippen LogP contribution is 2.27. The second-order valence-electron chi connectivity index (χ2n) is 6.60. The molecule has 0 radical (unpaired) electrons. The molecule has 0 bridgehead atoms. The van der Waals surface area contributed by atoms with Crippen LogP contribution in [0.5, 0.6) is 0 Å². The van der Waals surface area contributed by atoms with Crippen molar-refractivity contribution < 1.29 is 9.53 Å². The molecular formula is C19H21ClN6O2. The molecule has 0 unspecified atom stereocenters. The van der Waals surface area contributed by atoms with E-state index in [1.54, 1.807) is 22.1 Å². The second kappa shape index (κ2) is 7.63. The zero-order chi connectivity index (χ0) is 19.7. The van der Waals surface area contributed by atoms with E-state index in [4.69, 9.17) is 16.3 Å². The van der Waals surface area contributed by atoms with Crippen LogP contribution in [0, 0.1) is 6.92 Å². The summed E-state index contributed by atoms with van der Waals surface area (Å²) < 4.78 is 6.85. The van der Waals surface area contributed by atoms with Crippen molar-refractivity contribution in [3.05, 3.63) is 41.3 Å². The normalized spacial score (nSPS) is 14.5. The lowest BCUT2D eigenvalue weighted by molar-refractivity contribution is 0.105. The number of amides is 1. The van der Waals surface area contributed by atoms with Gasteiger partial charge in [0, 0.05) is 31.2 Å². The molecule has 1 amide bonds. The first-order valence-corrected chi connectivity index (χ1v) is 9.58. The Hall–Kier alpha value is -2.87. The molecule has 1 saturated heterocycles. The molecule has 3 aromatic rings. The molecule has 3 heterocycles. The number of anilines is 1. The Morgan fingerprint density at radius 1 is 1.21 bits per heavy atom. The van der Waals surface area contributed by atoms with Gasteiger partial charge in [-0.3, -0.25) is 0 Å². The van der Waals surface area contributed by atoms with Crippen LogP contribution in [0.1, 0.15) is 12.5 Å². The van der Waals surface area contributed by atoms with Gasteiger partial charge < -0.3 is 14.5 Å². The van der Waals surface area contributed by atoms with Crippen molar-refractivity contribution in [3.8, 4) is 5.69 Å². The summed E-state index contributed by atoms with van der Waals surface area (Å²) in [5.41, 5.74) is 2.58. The molecule has 1 fully saturated rings. The first-order valence-electron chi connectivity index (χ1n) is 9.20. The number of fused-ring (bicyclic) bond motifs is 1. The molecule has 146 valence electrons. The third-order valence-electron chi connectivity index (χ3n) is 4.85. The van der Waals surface area contributed by atoms with Crippen LogP contribution in [-0.2, 0) is 4.74 Å². The number of hydrogen-bond donors (Lipinski definition) is 0. The largest absolute Gasteiger partial charge is 0.450 e. The van der Waals surface area contributed by atoms with Crippen LogP contribution in [0.25, 0.3) is 16.7 Å². The van der Waals surface area contributed by atoms with E-state index in [-0.39, 0.29) is 6.09 Å². The van der Waals surface area contributed by atoms with Crippen LogP contribution in [0.3, 0.4) is 0 Å². The number of halogens is 1. The maximum Gasteiger partial charge on any atom is 0.409 e. The molecule has 0 spiro atoms. The van der Waals surface area contributed by atoms with E-state index >= 15 is 0 Å². The minimum Gasteiger partial charge on any atom is -0.450 e. The van der Waals surface area contributed by atoms with E-state index in [9.17, 15) is 4.79 Å². The Morgan fingerprint density at radius 2 is 2.00 bits per heavy atom. The fourth-order valence-electron chi connectivity index (χ4n) is 3.30. The zero-order valence-corrected chi connectivity index (χ0v) is 16.6. The van der Waals surface area contributed by atoms with Crippen molar-refractivity contribution in [1.29, 1.82) is 0 Å². The van der Waals surface area contributed by atoms with Gasteiger partial charge in [0.25, 0.3) is 0 Å². The van der Waals surface area contributed by atoms with Gasteiger partial charge in [0.2, 0.25) is 0 Å². The number of carbonyl (C=O) groups excluding carboxylic acids is 1. The number of aromatic nitrogens is 4. The smallest absolute Gasteiger partial charge is 0.409 e. The highest BCUT2D eigenvalue weighted by molar-refractivity contribution is 6.31. The van der Waals surface area contributed by atoms with E-state index in [1.807, 2.05) is 32.0 Å². The molecule has 0 N–H and O–H groups in total. The summed E-state index contributed by atoms with van der Waals surface area (Å²) in [6.07, 6.45) is 3.05. The summed E-state index contributed by atoms with van der Waals surface area (Å²) in [6.45, 7) is 6.68. The lowest BCUT2D eigenvalue weighted by Gasteiger charge is -2.34. The molecule has 0 saturated carbocycles. The minimum atomic E-state index is -0.265. The van der Waals surface area contributed by atoms with Crippen LogP contribution in [0.15, 0.2) is 30.7 Å². The van der Waals surface area contributed by atoms with E-state index in [0.717, 1.165) is 28.1 Å². The van der Waals surface area contributed by atoms with Crippen LogP contribution in [0.4, 0.5) is 10.6 Å². The Bertz CT molecular complexity index is 1010. The Morgan fingerprint density at radius 3 is 2.71 bits per heavy atom. The zero-order valence-electron chi connectivity index (χ0n) is 15.8. The van der Waals surface area contributed by atoms with Gasteiger partial charge in [-0.15, -0.1) is 0 Å². The van der Waals surface area contributed by atoms with Gasteiger partial charge in [0.15, 0.2) is 5.65 Å². The van der Waals surface area contributed by atoms with Crippen molar-refractivity contribution in [2.75, 3.05) is 37.7 Å². The van der Waals surface area contributed by atoms with Gasteiger partial charge in [-0.25, -0.2) is 19.4 Å². The number of rotatable bonds is 3. The van der Waals surface area contributed by atoms with Crippen LogP contribution in [-0.4, -0.2) is 63.5 Å². The molecule has 1 aliphatic rings. The number of benzene rings is 1. The van der Waals surface area contributed by atoms with Gasteiger partial charge in [0.1, 0.15) is 12.1 Å². The topological polar surface area (TPSA) is 76.4 Å². The van der Waals surface area contributed by atoms with Gasteiger partial charge in [-0.05, 0) is 31.5 Å². The fraction of sp³-hybridized carbons (Fsp3) is 0.368. The SMILES string of the molecule is CCOC(=O)N1CCN(c2ncnc3c2cnn3-c2ccc(C)c(Cl)c2)CC1. The molecule has 4 rings (SSSR count). The highest BCUT2D eigenvalue weighted by Gasteiger charge is 2.24. The molecule has 2 aromatic heterocycles. The monoisotopic (exact) mass is 400 g/mol. The minimum absolute atomic E-state index is 0.265. The molecule has 1 aromatic carbocycles. The predicted octanol–water partition coefficient (Wildman–Crippen LogP) is 3.06. The maximum absolute atomic E-state index is 11.9. The average molecular weight is 401 g/mol. The van der Waals surface area contributed by atoms with Crippen molar-refractivity contribution in [2.45, 2.75) is 13.8 Å². The molecule has 0 atom stereocenters. The van der Waals surface area contributed by atoms with Gasteiger partial charge >= 0.3 is 6.09 Å². The van der Waals surface area contributed by atoms with E-state index in [1.165, 1.54) is 0 Å². The Labute approximate surface area is 167 Å². The number of piperazine rings is 1. The molecule has 0 aliphatic carbocycles. The number of ether oxygens (including phenoxy) is 1. The molecule has 28 heavy (non-hydrogen) atoms. The van der Waals surface area contributed by atoms with Gasteiger partial charge in [-0.2, -0.15) is 5.10 Å². The van der Waals surface area contributed by atoms with E-state index < -0.39 is 0 Å². The summed E-state index contributed by atoms with van der Waals surface area (Å²) in [5.74, 6) is 0.818. The van der Waals surface area contributed by atoms with Gasteiger partial charge in [0.05, 0.1) is 23.9 Å². The predicted molar refractivity (Wildman–Crippen MR) is 107 cm³/mol. The first-order chi connectivity index (χ1) is 13.6. The number of nitrogens with zero attached hydrogens (tertiary/aromatic N) is 6. The third kappa shape index (κ3) is 3.35. The quantitative estimate of drug-likeness (QED) is 0.672. The summed E-state index contributed by atoms with van der Waals surface area (Å²) in [6, 6.07) is 5.80. The number of aryl methyl sites for hydroxylation is 1. The lowest BCUT2D eigenvalue weighted by atomic mass is 10.2. The lowest BCUT2D eigenvalue weighted by Crippen LogP contribution is -2.49. The van der Waals surface area contributed by atoms with Crippen molar-refractivity contribution in [3.63, 3.8) is 0 Å². The average Bonchev–Trinajstić information content (AvgIpc) is 3.15. The summed E-state index contributed by atoms with van der Waals surface area (Å²) in [4.78, 5) is 24.7. The van der Waals surface area contributed by atoms with E-state index in [2.05, 4.69) is 20.0 Å². The van der Waals surface area contributed by atoms with Crippen molar-refractivity contribution in [2.24, 2.45) is 0 Å². The van der Waals surface area contributed by atoms with Gasteiger partial charge in [-0.1, -0.05) is 17.7 Å². The summed E-state index contributed by atoms with van der Waals surface area (Å²) in [7, 11) is 0.